The average molecular weight is 519 g/mol. The van der Waals surface area contributed by atoms with Gasteiger partial charge in [-0.3, -0.25) is 0 Å². The smallest absolute Gasteiger partial charge is 0.331 e. The molecule has 4 aliphatic carbocycles. The minimum Gasteiger partial charge on any atom is -0.458 e. The van der Waals surface area contributed by atoms with Gasteiger partial charge in [-0.2, -0.15) is 0 Å². The third-order valence-electron chi connectivity index (χ3n) is 12.2. The molecule has 6 rings (SSSR count). The number of fused-ring (bicyclic) bond motifs is 5. The fourth-order valence-corrected chi connectivity index (χ4v) is 10.0. The lowest BCUT2D eigenvalue weighted by Gasteiger charge is -2.64. The fourth-order valence-electron chi connectivity index (χ4n) is 10.0. The maximum Gasteiger partial charge on any atom is 0.331 e. The number of aliphatic hydroxyl groups excluding tert-OH is 1. The molecule has 0 aromatic carbocycles. The molecule has 1 unspecified atom stereocenters. The zero-order valence-electron chi connectivity index (χ0n) is 23.0. The highest BCUT2D eigenvalue weighted by atomic mass is 16.7. The number of ether oxygens (including phenoxy) is 4. The molecule has 2 heterocycles. The number of methoxy groups -OCH3 is 1. The summed E-state index contributed by atoms with van der Waals surface area (Å²) < 4.78 is 23.2. The van der Waals surface area contributed by atoms with E-state index in [1.165, 1.54) is 0 Å². The van der Waals surface area contributed by atoms with E-state index >= 15 is 0 Å². The Kier molecular flexibility index (Phi) is 6.59. The van der Waals surface area contributed by atoms with E-state index in [2.05, 4.69) is 13.8 Å². The summed E-state index contributed by atoms with van der Waals surface area (Å²) in [5, 5.41) is 22.7. The minimum absolute atomic E-state index is 0.166. The van der Waals surface area contributed by atoms with Crippen LogP contribution in [0.25, 0.3) is 0 Å². The molecule has 2 N–H and O–H groups in total. The first-order valence-electron chi connectivity index (χ1n) is 14.7. The van der Waals surface area contributed by atoms with Crippen LogP contribution in [-0.2, 0) is 23.7 Å². The van der Waals surface area contributed by atoms with Crippen LogP contribution < -0.4 is 0 Å². The Balaban J connectivity index is 1.15. The van der Waals surface area contributed by atoms with Crippen LogP contribution in [0, 0.1) is 34.5 Å². The molecular weight excluding hydrogens is 472 g/mol. The Bertz CT molecular complexity index is 935. The van der Waals surface area contributed by atoms with Crippen molar-refractivity contribution >= 4 is 5.97 Å². The van der Waals surface area contributed by atoms with Crippen molar-refractivity contribution < 1.29 is 34.0 Å². The van der Waals surface area contributed by atoms with E-state index in [1.54, 1.807) is 13.2 Å². The summed E-state index contributed by atoms with van der Waals surface area (Å²) in [5.74, 6) is 1.45. The number of esters is 1. The number of carbonyl (C=O) groups is 1. The van der Waals surface area contributed by atoms with Gasteiger partial charge in [0.05, 0.1) is 23.9 Å². The molecule has 6 aliphatic rings. The Morgan fingerprint density at radius 1 is 1.03 bits per heavy atom. The lowest BCUT2D eigenvalue weighted by Crippen LogP contribution is -2.62. The average Bonchev–Trinajstić information content (AvgIpc) is 3.41. The van der Waals surface area contributed by atoms with Gasteiger partial charge in [-0.25, -0.2) is 4.79 Å². The molecule has 0 bridgehead atoms. The molecule has 0 radical (unpaired) electrons. The molecule has 5 fully saturated rings. The summed E-state index contributed by atoms with van der Waals surface area (Å²) in [5.41, 5.74) is 0.461. The number of hydrogen-bond donors (Lipinski definition) is 2. The molecule has 1 saturated heterocycles. The van der Waals surface area contributed by atoms with Gasteiger partial charge in [0.1, 0.15) is 12.7 Å². The number of cyclic esters (lactones) is 1. The first-order chi connectivity index (χ1) is 17.6. The van der Waals surface area contributed by atoms with Crippen LogP contribution in [0.1, 0.15) is 85.0 Å². The van der Waals surface area contributed by atoms with Crippen molar-refractivity contribution in [2.75, 3.05) is 13.7 Å². The highest BCUT2D eigenvalue weighted by Crippen LogP contribution is 2.70. The van der Waals surface area contributed by atoms with Gasteiger partial charge in [0, 0.05) is 25.0 Å². The molecule has 208 valence electrons. The lowest BCUT2D eigenvalue weighted by molar-refractivity contribution is -0.273. The van der Waals surface area contributed by atoms with E-state index in [0.29, 0.717) is 30.8 Å². The zero-order chi connectivity index (χ0) is 26.2. The van der Waals surface area contributed by atoms with Crippen LogP contribution in [0.15, 0.2) is 11.6 Å². The second-order valence-electron chi connectivity index (χ2n) is 13.6. The number of aliphatic hydroxyl groups is 2. The maximum atomic E-state index is 12.4. The van der Waals surface area contributed by atoms with Gasteiger partial charge in [0.15, 0.2) is 6.29 Å². The van der Waals surface area contributed by atoms with Crippen LogP contribution >= 0.6 is 0 Å². The fraction of sp³-hybridized carbons (Fsp3) is 0.900. The Morgan fingerprint density at radius 3 is 2.57 bits per heavy atom. The normalized spacial score (nSPS) is 53.6. The quantitative estimate of drug-likeness (QED) is 0.427. The lowest BCUT2D eigenvalue weighted by atomic mass is 9.43. The molecule has 7 nitrogen and oxygen atoms in total. The van der Waals surface area contributed by atoms with Crippen LogP contribution in [0.5, 0.6) is 0 Å². The van der Waals surface area contributed by atoms with E-state index in [1.807, 2.05) is 6.92 Å². The Labute approximate surface area is 221 Å². The summed E-state index contributed by atoms with van der Waals surface area (Å²) in [6.07, 6.45) is 10.2. The van der Waals surface area contributed by atoms with Crippen LogP contribution in [-0.4, -0.2) is 66.2 Å². The van der Waals surface area contributed by atoms with Crippen molar-refractivity contribution in [2.24, 2.45) is 34.5 Å². The van der Waals surface area contributed by atoms with Crippen LogP contribution in [0.2, 0.25) is 0 Å². The summed E-state index contributed by atoms with van der Waals surface area (Å²) >= 11 is 0. The molecule has 37 heavy (non-hydrogen) atoms. The highest BCUT2D eigenvalue weighted by Gasteiger charge is 2.67. The minimum atomic E-state index is -0.670. The van der Waals surface area contributed by atoms with Crippen molar-refractivity contribution in [1.29, 1.82) is 0 Å². The Morgan fingerprint density at radius 2 is 1.84 bits per heavy atom. The highest BCUT2D eigenvalue weighted by molar-refractivity contribution is 5.85. The standard InChI is InChI=1S/C30H46O7/c1-17-27(32)24(34-4)15-26(36-17)37-20-7-10-28(2)19(14-20)5-6-23-22(28)8-11-29(3)21(9-12-30(23,29)33)18-13-25(31)35-16-18/h13,17,19-24,26-27,32-33H,5-12,14-16H2,1-4H3/t17-,19-,20+,21-,22+,23-,24-,26-,27+,28+,29-,30?/m1/s1. The molecule has 4 saturated carbocycles. The van der Waals surface area contributed by atoms with E-state index in [9.17, 15) is 15.0 Å². The van der Waals surface area contributed by atoms with E-state index < -0.39 is 11.7 Å². The summed E-state index contributed by atoms with van der Waals surface area (Å²) in [6.45, 7) is 7.07. The van der Waals surface area contributed by atoms with E-state index in [-0.39, 0.29) is 47.3 Å². The van der Waals surface area contributed by atoms with Gasteiger partial charge in [0.25, 0.3) is 0 Å². The van der Waals surface area contributed by atoms with Crippen molar-refractivity contribution in [3.8, 4) is 0 Å². The van der Waals surface area contributed by atoms with Gasteiger partial charge in [-0.1, -0.05) is 13.8 Å². The van der Waals surface area contributed by atoms with Gasteiger partial charge in [-0.05, 0) is 99.4 Å². The van der Waals surface area contributed by atoms with Gasteiger partial charge in [-0.15, -0.1) is 0 Å². The van der Waals surface area contributed by atoms with E-state index in [0.717, 1.165) is 63.4 Å². The first kappa shape index (κ1) is 26.2. The topological polar surface area (TPSA) is 94.5 Å². The van der Waals surface area contributed by atoms with E-state index in [4.69, 9.17) is 18.9 Å². The third kappa shape index (κ3) is 3.97. The van der Waals surface area contributed by atoms with Gasteiger partial charge in [0.2, 0.25) is 0 Å². The first-order valence-corrected chi connectivity index (χ1v) is 14.7. The SMILES string of the molecule is CO[C@@H]1C[C@@H](O[C@H]2CC[C@@]3(C)[C@H](CC[C@@H]4[C@@H]3CC[C@]3(C)[C@@H](C5=CC(=O)OC5)CCC43O)C2)O[C@H](C)[C@@H]1O. The molecule has 7 heteroatoms. The summed E-state index contributed by atoms with van der Waals surface area (Å²) in [6, 6.07) is 0. The molecule has 0 spiro atoms. The number of carbonyl (C=O) groups excluding carboxylic acids is 1. The molecule has 12 atom stereocenters. The van der Waals surface area contributed by atoms with Crippen molar-refractivity contribution in [3.63, 3.8) is 0 Å². The van der Waals surface area contributed by atoms with Crippen LogP contribution in [0.3, 0.4) is 0 Å². The summed E-state index contributed by atoms with van der Waals surface area (Å²) in [4.78, 5) is 11.8. The van der Waals surface area contributed by atoms with Gasteiger partial charge >= 0.3 is 5.97 Å². The van der Waals surface area contributed by atoms with Crippen molar-refractivity contribution in [1.82, 2.24) is 0 Å². The summed E-state index contributed by atoms with van der Waals surface area (Å²) in [7, 11) is 1.64. The molecule has 0 aromatic heterocycles. The second-order valence-corrected chi connectivity index (χ2v) is 13.6. The molecule has 0 aromatic rings. The monoisotopic (exact) mass is 518 g/mol. The number of rotatable bonds is 4. The zero-order valence-corrected chi connectivity index (χ0v) is 23.0. The predicted octanol–water partition coefficient (Wildman–Crippen LogP) is 4.14. The van der Waals surface area contributed by atoms with Crippen molar-refractivity contribution in [2.45, 2.75) is 121 Å². The Hall–Kier alpha value is -0.990. The van der Waals surface area contributed by atoms with Gasteiger partial charge < -0.3 is 29.2 Å². The molecular formula is C30H46O7. The number of hydrogen-bond acceptors (Lipinski definition) is 7. The molecule has 0 amide bonds. The third-order valence-corrected chi connectivity index (χ3v) is 12.2. The van der Waals surface area contributed by atoms with Crippen molar-refractivity contribution in [3.05, 3.63) is 11.6 Å². The van der Waals surface area contributed by atoms with Crippen LogP contribution in [0.4, 0.5) is 0 Å². The largest absolute Gasteiger partial charge is 0.458 e. The molecule has 2 aliphatic heterocycles. The second kappa shape index (κ2) is 9.29. The predicted molar refractivity (Wildman–Crippen MR) is 136 cm³/mol. The maximum absolute atomic E-state index is 12.4.